The number of hydrogen-bond donors (Lipinski definition) is 1. The predicted octanol–water partition coefficient (Wildman–Crippen LogP) is 0.291. The third-order valence-corrected chi connectivity index (χ3v) is 2.68. The van der Waals surface area contributed by atoms with Crippen LogP contribution in [0.15, 0.2) is 18.3 Å². The van der Waals surface area contributed by atoms with Crippen LogP contribution < -0.4 is 10.6 Å². The second kappa shape index (κ2) is 4.98. The number of aromatic nitrogens is 1. The molecule has 1 atom stereocenters. The van der Waals surface area contributed by atoms with Crippen LogP contribution in [0.4, 0.5) is 5.82 Å². The van der Waals surface area contributed by atoms with Crippen LogP contribution in [0.25, 0.3) is 0 Å². The molecule has 0 aliphatic carbocycles. The van der Waals surface area contributed by atoms with Gasteiger partial charge in [0, 0.05) is 24.1 Å². The van der Waals surface area contributed by atoms with Gasteiger partial charge in [0.2, 0.25) is 11.8 Å². The Bertz CT molecular complexity index is 557. The first-order valence-electron chi connectivity index (χ1n) is 5.65. The van der Waals surface area contributed by atoms with Crippen molar-refractivity contribution in [2.24, 2.45) is 11.7 Å². The van der Waals surface area contributed by atoms with E-state index < -0.39 is 0 Å². The molecule has 0 bridgehead atoms. The maximum atomic E-state index is 11.9. The highest BCUT2D eigenvalue weighted by molar-refractivity contribution is 6.20. The molecule has 5 nitrogen and oxygen atoms in total. The van der Waals surface area contributed by atoms with E-state index in [0.717, 1.165) is 4.90 Å². The van der Waals surface area contributed by atoms with Crippen molar-refractivity contribution in [2.75, 3.05) is 11.4 Å². The molecule has 1 unspecified atom stereocenters. The van der Waals surface area contributed by atoms with E-state index in [9.17, 15) is 9.59 Å². The Balaban J connectivity index is 2.34. The number of hydrogen-bond acceptors (Lipinski definition) is 4. The quantitative estimate of drug-likeness (QED) is 0.568. The van der Waals surface area contributed by atoms with Crippen molar-refractivity contribution in [3.63, 3.8) is 0 Å². The summed E-state index contributed by atoms with van der Waals surface area (Å²) in [6, 6.07) is 3.33. The summed E-state index contributed by atoms with van der Waals surface area (Å²) in [6.07, 6.45) is 1.76. The maximum Gasteiger partial charge on any atom is 0.238 e. The topological polar surface area (TPSA) is 76.3 Å². The smallest absolute Gasteiger partial charge is 0.238 e. The van der Waals surface area contributed by atoms with E-state index in [0.29, 0.717) is 11.4 Å². The van der Waals surface area contributed by atoms with Crippen LogP contribution in [0.5, 0.6) is 0 Å². The van der Waals surface area contributed by atoms with E-state index in [1.807, 2.05) is 0 Å². The lowest BCUT2D eigenvalue weighted by atomic mass is 10.1. The SMILES string of the molecule is CC1CC(=O)N(c2cc(C#CCN)ccn2)C1=O. The third-order valence-electron chi connectivity index (χ3n) is 2.68. The normalized spacial score (nSPS) is 18.8. The Morgan fingerprint density at radius 3 is 2.94 bits per heavy atom. The Kier molecular flexibility index (Phi) is 3.40. The molecule has 2 heterocycles. The zero-order valence-corrected chi connectivity index (χ0v) is 10.0. The van der Waals surface area contributed by atoms with Gasteiger partial charge < -0.3 is 5.73 Å². The summed E-state index contributed by atoms with van der Waals surface area (Å²) in [5.74, 6) is 5.18. The highest BCUT2D eigenvalue weighted by atomic mass is 16.2. The monoisotopic (exact) mass is 243 g/mol. The summed E-state index contributed by atoms with van der Waals surface area (Å²) in [5.41, 5.74) is 5.98. The van der Waals surface area contributed by atoms with E-state index in [2.05, 4.69) is 16.8 Å². The van der Waals surface area contributed by atoms with E-state index >= 15 is 0 Å². The summed E-state index contributed by atoms with van der Waals surface area (Å²) < 4.78 is 0. The standard InChI is InChI=1S/C13H13N3O2/c1-9-7-12(17)16(13(9)18)11-8-10(3-2-5-14)4-6-15-11/h4,6,8-9H,5,7,14H2,1H3. The lowest BCUT2D eigenvalue weighted by Crippen LogP contribution is -2.30. The molecular weight excluding hydrogens is 230 g/mol. The van der Waals surface area contributed by atoms with Crippen molar-refractivity contribution in [1.82, 2.24) is 4.98 Å². The molecule has 1 saturated heterocycles. The fraction of sp³-hybridized carbons (Fsp3) is 0.308. The van der Waals surface area contributed by atoms with Crippen LogP contribution in [0, 0.1) is 17.8 Å². The molecule has 1 aromatic rings. The van der Waals surface area contributed by atoms with Gasteiger partial charge in [0.1, 0.15) is 5.82 Å². The minimum absolute atomic E-state index is 0.212. The van der Waals surface area contributed by atoms with Crippen molar-refractivity contribution >= 4 is 17.6 Å². The molecule has 5 heteroatoms. The maximum absolute atomic E-state index is 11.9. The minimum atomic E-state index is -0.280. The zero-order chi connectivity index (χ0) is 13.1. The van der Waals surface area contributed by atoms with E-state index in [4.69, 9.17) is 5.73 Å². The Labute approximate surface area is 105 Å². The third kappa shape index (κ3) is 2.24. The fourth-order valence-corrected chi connectivity index (χ4v) is 1.80. The van der Waals surface area contributed by atoms with Gasteiger partial charge in [-0.25, -0.2) is 9.88 Å². The van der Waals surface area contributed by atoms with Gasteiger partial charge in [0.05, 0.1) is 6.54 Å². The molecule has 0 spiro atoms. The molecule has 1 aliphatic rings. The minimum Gasteiger partial charge on any atom is -0.320 e. The first kappa shape index (κ1) is 12.3. The van der Waals surface area contributed by atoms with Crippen LogP contribution in [0.2, 0.25) is 0 Å². The fourth-order valence-electron chi connectivity index (χ4n) is 1.80. The van der Waals surface area contributed by atoms with Gasteiger partial charge in [-0.05, 0) is 12.1 Å². The van der Waals surface area contributed by atoms with Crippen LogP contribution in [0.3, 0.4) is 0 Å². The van der Waals surface area contributed by atoms with Crippen LogP contribution in [-0.2, 0) is 9.59 Å². The van der Waals surface area contributed by atoms with E-state index in [-0.39, 0.29) is 30.7 Å². The van der Waals surface area contributed by atoms with Crippen molar-refractivity contribution in [3.8, 4) is 11.8 Å². The lowest BCUT2D eigenvalue weighted by Gasteiger charge is -2.12. The van der Waals surface area contributed by atoms with Crippen LogP contribution >= 0.6 is 0 Å². The van der Waals surface area contributed by atoms with Crippen LogP contribution in [-0.4, -0.2) is 23.3 Å². The van der Waals surface area contributed by atoms with Crippen molar-refractivity contribution in [1.29, 1.82) is 0 Å². The highest BCUT2D eigenvalue weighted by Crippen LogP contribution is 2.24. The van der Waals surface area contributed by atoms with E-state index in [1.165, 1.54) is 6.20 Å². The van der Waals surface area contributed by atoms with Gasteiger partial charge >= 0.3 is 0 Å². The first-order valence-corrected chi connectivity index (χ1v) is 5.65. The largest absolute Gasteiger partial charge is 0.320 e. The summed E-state index contributed by atoms with van der Waals surface area (Å²) in [6.45, 7) is 1.99. The van der Waals surface area contributed by atoms with Gasteiger partial charge in [0.15, 0.2) is 0 Å². The molecule has 2 N–H and O–H groups in total. The van der Waals surface area contributed by atoms with E-state index in [1.54, 1.807) is 19.1 Å². The molecule has 0 saturated carbocycles. The van der Waals surface area contributed by atoms with Gasteiger partial charge in [-0.2, -0.15) is 0 Å². The number of nitrogens with zero attached hydrogens (tertiary/aromatic N) is 2. The number of imide groups is 1. The Hall–Kier alpha value is -2.19. The number of carbonyl (C=O) groups excluding carboxylic acids is 2. The summed E-state index contributed by atoms with van der Waals surface area (Å²) in [7, 11) is 0. The second-order valence-corrected chi connectivity index (χ2v) is 4.08. The van der Waals surface area contributed by atoms with Crippen molar-refractivity contribution in [2.45, 2.75) is 13.3 Å². The summed E-state index contributed by atoms with van der Waals surface area (Å²) in [5, 5.41) is 0. The summed E-state index contributed by atoms with van der Waals surface area (Å²) in [4.78, 5) is 28.8. The second-order valence-electron chi connectivity index (χ2n) is 4.08. The van der Waals surface area contributed by atoms with Gasteiger partial charge in [-0.1, -0.05) is 18.8 Å². The zero-order valence-electron chi connectivity index (χ0n) is 10.0. The predicted molar refractivity (Wildman–Crippen MR) is 66.4 cm³/mol. The Morgan fingerprint density at radius 1 is 1.56 bits per heavy atom. The molecule has 1 aromatic heterocycles. The van der Waals surface area contributed by atoms with Crippen LogP contribution in [0.1, 0.15) is 18.9 Å². The Morgan fingerprint density at radius 2 is 2.33 bits per heavy atom. The number of nitrogens with two attached hydrogens (primary N) is 1. The first-order chi connectivity index (χ1) is 8.63. The average molecular weight is 243 g/mol. The van der Waals surface area contributed by atoms with Gasteiger partial charge in [-0.3, -0.25) is 9.59 Å². The highest BCUT2D eigenvalue weighted by Gasteiger charge is 2.37. The van der Waals surface area contributed by atoms with Gasteiger partial charge in [0.25, 0.3) is 0 Å². The number of amides is 2. The molecule has 1 fully saturated rings. The number of anilines is 1. The molecular formula is C13H13N3O2. The van der Waals surface area contributed by atoms with Crippen molar-refractivity contribution in [3.05, 3.63) is 23.9 Å². The average Bonchev–Trinajstić information content (AvgIpc) is 2.61. The molecule has 2 rings (SSSR count). The molecule has 0 aromatic carbocycles. The number of rotatable bonds is 1. The molecule has 18 heavy (non-hydrogen) atoms. The molecule has 2 amide bonds. The molecule has 0 radical (unpaired) electrons. The van der Waals surface area contributed by atoms with Crippen molar-refractivity contribution < 1.29 is 9.59 Å². The molecule has 1 aliphatic heterocycles. The molecule has 92 valence electrons. The number of pyridine rings is 1. The number of carbonyl (C=O) groups is 2. The summed E-state index contributed by atoms with van der Waals surface area (Å²) >= 11 is 0. The lowest BCUT2D eigenvalue weighted by molar-refractivity contribution is -0.122. The van der Waals surface area contributed by atoms with Gasteiger partial charge in [-0.15, -0.1) is 0 Å².